The van der Waals surface area contributed by atoms with Gasteiger partial charge in [-0.1, -0.05) is 11.6 Å². The molecule has 0 aliphatic rings. The first-order valence-corrected chi connectivity index (χ1v) is 4.33. The summed E-state index contributed by atoms with van der Waals surface area (Å²) in [6.45, 7) is 0. The molecule has 0 atom stereocenters. The molecule has 0 radical (unpaired) electrons. The average molecular weight is 228 g/mol. The standard InChI is InChI=1S/C8H6ClN3O3/c1-15-7-5-4(8(13)14)6(9)11-12(5)3-2-10-7/h2-3H,1H3,(H,13,14). The highest BCUT2D eigenvalue weighted by atomic mass is 35.5. The van der Waals surface area contributed by atoms with Crippen molar-refractivity contribution in [2.75, 3.05) is 7.11 Å². The van der Waals surface area contributed by atoms with Gasteiger partial charge in [0.05, 0.1) is 7.11 Å². The lowest BCUT2D eigenvalue weighted by atomic mass is 10.3. The van der Waals surface area contributed by atoms with Crippen LogP contribution in [-0.2, 0) is 0 Å². The summed E-state index contributed by atoms with van der Waals surface area (Å²) in [5.74, 6) is -0.990. The number of carboxylic acids is 1. The quantitative estimate of drug-likeness (QED) is 0.831. The second-order valence-electron chi connectivity index (χ2n) is 2.70. The van der Waals surface area contributed by atoms with E-state index in [2.05, 4.69) is 10.1 Å². The van der Waals surface area contributed by atoms with Crippen molar-refractivity contribution in [3.63, 3.8) is 0 Å². The van der Waals surface area contributed by atoms with E-state index in [0.717, 1.165) is 0 Å². The van der Waals surface area contributed by atoms with Gasteiger partial charge in [-0.15, -0.1) is 0 Å². The first-order valence-electron chi connectivity index (χ1n) is 3.95. The molecule has 6 nitrogen and oxygen atoms in total. The Hall–Kier alpha value is -1.82. The number of aromatic nitrogens is 3. The van der Waals surface area contributed by atoms with Crippen molar-refractivity contribution >= 4 is 23.1 Å². The Kier molecular flexibility index (Phi) is 2.20. The van der Waals surface area contributed by atoms with Gasteiger partial charge in [0.25, 0.3) is 0 Å². The van der Waals surface area contributed by atoms with Gasteiger partial charge in [0.2, 0.25) is 5.88 Å². The van der Waals surface area contributed by atoms with Gasteiger partial charge in [-0.2, -0.15) is 5.10 Å². The molecule has 2 rings (SSSR count). The van der Waals surface area contributed by atoms with Gasteiger partial charge in [0, 0.05) is 12.4 Å². The largest absolute Gasteiger partial charge is 0.479 e. The van der Waals surface area contributed by atoms with E-state index in [9.17, 15) is 4.79 Å². The van der Waals surface area contributed by atoms with Gasteiger partial charge in [0.1, 0.15) is 11.1 Å². The predicted octanol–water partition coefficient (Wildman–Crippen LogP) is 1.09. The average Bonchev–Trinajstić information content (AvgIpc) is 2.53. The summed E-state index contributed by atoms with van der Waals surface area (Å²) in [4.78, 5) is 14.8. The number of nitrogens with zero attached hydrogens (tertiary/aromatic N) is 3. The van der Waals surface area contributed by atoms with Gasteiger partial charge >= 0.3 is 5.97 Å². The monoisotopic (exact) mass is 227 g/mol. The maximum atomic E-state index is 10.9. The molecule has 0 fully saturated rings. The van der Waals surface area contributed by atoms with Crippen LogP contribution >= 0.6 is 11.6 Å². The Morgan fingerprint density at radius 2 is 2.40 bits per heavy atom. The Balaban J connectivity index is 2.88. The van der Waals surface area contributed by atoms with Crippen molar-refractivity contribution in [2.24, 2.45) is 0 Å². The smallest absolute Gasteiger partial charge is 0.341 e. The maximum absolute atomic E-state index is 10.9. The Labute approximate surface area is 89.1 Å². The van der Waals surface area contributed by atoms with Crippen molar-refractivity contribution in [1.29, 1.82) is 0 Å². The van der Waals surface area contributed by atoms with E-state index in [0.29, 0.717) is 0 Å². The molecule has 0 saturated heterocycles. The molecule has 0 bridgehead atoms. The van der Waals surface area contributed by atoms with E-state index in [4.69, 9.17) is 21.4 Å². The fourth-order valence-electron chi connectivity index (χ4n) is 1.28. The van der Waals surface area contributed by atoms with Crippen LogP contribution in [0.5, 0.6) is 5.88 Å². The number of aromatic carboxylic acids is 1. The van der Waals surface area contributed by atoms with Crippen LogP contribution in [0.2, 0.25) is 5.15 Å². The summed E-state index contributed by atoms with van der Waals surface area (Å²) in [5, 5.41) is 12.7. The number of hydrogen-bond acceptors (Lipinski definition) is 4. The number of carbonyl (C=O) groups is 1. The van der Waals surface area contributed by atoms with Crippen LogP contribution in [0, 0.1) is 0 Å². The number of hydrogen-bond donors (Lipinski definition) is 1. The molecular formula is C8H6ClN3O3. The maximum Gasteiger partial charge on any atom is 0.341 e. The molecule has 15 heavy (non-hydrogen) atoms. The summed E-state index contributed by atoms with van der Waals surface area (Å²) in [7, 11) is 1.40. The first-order chi connectivity index (χ1) is 7.15. The normalized spacial score (nSPS) is 10.5. The molecule has 0 aliphatic heterocycles. The molecule has 0 unspecified atom stereocenters. The number of methoxy groups -OCH3 is 1. The first kappa shape index (κ1) is 9.72. The van der Waals surface area contributed by atoms with Crippen molar-refractivity contribution in [3.8, 4) is 5.88 Å². The third kappa shape index (κ3) is 1.39. The minimum absolute atomic E-state index is 0.0891. The molecule has 0 spiro atoms. The third-order valence-electron chi connectivity index (χ3n) is 1.88. The van der Waals surface area contributed by atoms with E-state index in [1.165, 1.54) is 24.0 Å². The molecule has 2 aromatic rings. The van der Waals surface area contributed by atoms with Gasteiger partial charge < -0.3 is 9.84 Å². The number of halogens is 1. The third-order valence-corrected chi connectivity index (χ3v) is 2.14. The van der Waals surface area contributed by atoms with Crippen LogP contribution < -0.4 is 4.74 Å². The van der Waals surface area contributed by atoms with E-state index in [1.807, 2.05) is 0 Å². The second-order valence-corrected chi connectivity index (χ2v) is 3.06. The molecular weight excluding hydrogens is 222 g/mol. The molecule has 78 valence electrons. The molecule has 2 aromatic heterocycles. The Morgan fingerprint density at radius 1 is 1.67 bits per heavy atom. The van der Waals surface area contributed by atoms with Gasteiger partial charge in [-0.05, 0) is 0 Å². The lowest BCUT2D eigenvalue weighted by Crippen LogP contribution is -1.99. The van der Waals surface area contributed by atoms with Crippen molar-refractivity contribution in [3.05, 3.63) is 23.1 Å². The minimum atomic E-state index is -1.17. The van der Waals surface area contributed by atoms with Crippen molar-refractivity contribution in [1.82, 2.24) is 14.6 Å². The summed E-state index contributed by atoms with van der Waals surface area (Å²) < 4.78 is 6.25. The number of ether oxygens (including phenoxy) is 1. The molecule has 0 aromatic carbocycles. The van der Waals surface area contributed by atoms with Crippen LogP contribution in [0.15, 0.2) is 12.4 Å². The fourth-order valence-corrected chi connectivity index (χ4v) is 1.54. The lowest BCUT2D eigenvalue weighted by molar-refractivity contribution is 0.0699. The van der Waals surface area contributed by atoms with E-state index in [1.54, 1.807) is 0 Å². The van der Waals surface area contributed by atoms with Crippen LogP contribution in [0.1, 0.15) is 10.4 Å². The molecule has 0 amide bonds. The highest BCUT2D eigenvalue weighted by Gasteiger charge is 2.21. The van der Waals surface area contributed by atoms with Gasteiger partial charge in [0.15, 0.2) is 5.15 Å². The highest BCUT2D eigenvalue weighted by molar-refractivity contribution is 6.33. The topological polar surface area (TPSA) is 76.7 Å². The summed E-state index contributed by atoms with van der Waals surface area (Å²) >= 11 is 5.70. The summed E-state index contributed by atoms with van der Waals surface area (Å²) in [5.41, 5.74) is 0.138. The van der Waals surface area contributed by atoms with Crippen LogP contribution in [0.3, 0.4) is 0 Å². The van der Waals surface area contributed by atoms with E-state index >= 15 is 0 Å². The SMILES string of the molecule is COc1nccn2nc(Cl)c(C(=O)O)c12. The summed E-state index contributed by atoms with van der Waals surface area (Å²) in [6, 6.07) is 0. The molecule has 0 aliphatic carbocycles. The molecule has 2 heterocycles. The Morgan fingerprint density at radius 3 is 3.00 bits per heavy atom. The van der Waals surface area contributed by atoms with E-state index < -0.39 is 5.97 Å². The predicted molar refractivity (Wildman–Crippen MR) is 51.5 cm³/mol. The zero-order chi connectivity index (χ0) is 11.0. The Bertz CT molecular complexity index is 537. The van der Waals surface area contributed by atoms with Crippen molar-refractivity contribution < 1.29 is 14.6 Å². The zero-order valence-corrected chi connectivity index (χ0v) is 8.39. The number of rotatable bonds is 2. The zero-order valence-electron chi connectivity index (χ0n) is 7.64. The van der Waals surface area contributed by atoms with Crippen LogP contribution in [-0.4, -0.2) is 32.8 Å². The second kappa shape index (κ2) is 3.39. The lowest BCUT2D eigenvalue weighted by Gasteiger charge is -2.00. The molecule has 7 heteroatoms. The fraction of sp³-hybridized carbons (Fsp3) is 0.125. The minimum Gasteiger partial charge on any atom is -0.479 e. The van der Waals surface area contributed by atoms with Gasteiger partial charge in [-0.3, -0.25) is 0 Å². The van der Waals surface area contributed by atoms with E-state index in [-0.39, 0.29) is 22.1 Å². The van der Waals surface area contributed by atoms with Gasteiger partial charge in [-0.25, -0.2) is 14.3 Å². The van der Waals surface area contributed by atoms with Crippen LogP contribution in [0.25, 0.3) is 5.52 Å². The number of fused-ring (bicyclic) bond motifs is 1. The van der Waals surface area contributed by atoms with Crippen molar-refractivity contribution in [2.45, 2.75) is 0 Å². The van der Waals surface area contributed by atoms with Crippen LogP contribution in [0.4, 0.5) is 0 Å². The highest BCUT2D eigenvalue weighted by Crippen LogP contribution is 2.26. The molecule has 0 saturated carbocycles. The number of carboxylic acid groups (broad SMARTS) is 1. The molecule has 1 N–H and O–H groups in total. The summed E-state index contributed by atoms with van der Waals surface area (Å²) in [6.07, 6.45) is 2.94.